The first-order valence-corrected chi connectivity index (χ1v) is 11.0. The third-order valence-electron chi connectivity index (χ3n) is 5.76. The summed E-state index contributed by atoms with van der Waals surface area (Å²) in [6.07, 6.45) is 8.34. The zero-order chi connectivity index (χ0) is 15.8. The summed E-state index contributed by atoms with van der Waals surface area (Å²) in [7, 11) is 0.901. The smallest absolute Gasteiger partial charge is 0.221 e. The van der Waals surface area contributed by atoms with Crippen molar-refractivity contribution in [3.63, 3.8) is 0 Å². The maximum atomic E-state index is 2.91. The molecule has 5 heteroatoms. The van der Waals surface area contributed by atoms with Crippen LogP contribution in [0.4, 0.5) is 0 Å². The summed E-state index contributed by atoms with van der Waals surface area (Å²) in [5, 5.41) is 0. The van der Waals surface area contributed by atoms with E-state index in [1.54, 1.807) is 0 Å². The van der Waals surface area contributed by atoms with Crippen LogP contribution in [0.5, 0.6) is 0 Å². The topological polar surface area (TPSA) is 12.7 Å². The molecule has 3 aliphatic rings. The quantitative estimate of drug-likeness (QED) is 0.734. The first-order chi connectivity index (χ1) is 10.5. The van der Waals surface area contributed by atoms with Crippen molar-refractivity contribution in [1.29, 1.82) is 0 Å². The van der Waals surface area contributed by atoms with Crippen LogP contribution in [-0.4, -0.2) is 70.2 Å². The minimum atomic E-state index is -1.52. The SMILES string of the molecule is C[N+](C(C)(C)C)=P(N1CCCC1)(N1CCCC1)N1CCCC1. The van der Waals surface area contributed by atoms with Gasteiger partial charge in [0.2, 0.25) is 0 Å². The van der Waals surface area contributed by atoms with Crippen molar-refractivity contribution >= 4 is 7.51 Å². The van der Waals surface area contributed by atoms with Gasteiger partial charge >= 0.3 is 7.51 Å². The van der Waals surface area contributed by atoms with Gasteiger partial charge in [0.1, 0.15) is 7.05 Å². The molecule has 4 nitrogen and oxygen atoms in total. The molecule has 0 atom stereocenters. The van der Waals surface area contributed by atoms with Gasteiger partial charge in [-0.25, -0.2) is 18.3 Å². The van der Waals surface area contributed by atoms with Crippen molar-refractivity contribution in [3.8, 4) is 0 Å². The Hall–Kier alpha value is 0.110. The van der Waals surface area contributed by atoms with Gasteiger partial charge in [-0.1, -0.05) is 0 Å². The fourth-order valence-electron chi connectivity index (χ4n) is 4.41. The molecule has 3 aliphatic heterocycles. The molecule has 0 amide bonds. The van der Waals surface area contributed by atoms with Crippen LogP contribution in [0, 0.1) is 0 Å². The molecule has 22 heavy (non-hydrogen) atoms. The fourth-order valence-corrected chi connectivity index (χ4v) is 9.89. The second kappa shape index (κ2) is 6.55. The highest BCUT2D eigenvalue weighted by Crippen LogP contribution is 2.63. The van der Waals surface area contributed by atoms with Crippen molar-refractivity contribution < 1.29 is 4.33 Å². The van der Waals surface area contributed by atoms with Crippen molar-refractivity contribution in [1.82, 2.24) is 14.0 Å². The van der Waals surface area contributed by atoms with Gasteiger partial charge in [-0.15, -0.1) is 0 Å². The summed E-state index contributed by atoms with van der Waals surface area (Å²) in [6.45, 7) is 15.1. The molecule has 3 heterocycles. The van der Waals surface area contributed by atoms with Crippen molar-refractivity contribution in [3.05, 3.63) is 0 Å². The summed E-state index contributed by atoms with van der Waals surface area (Å²) >= 11 is 0. The highest BCUT2D eigenvalue weighted by atomic mass is 31.2. The molecule has 0 spiro atoms. The summed E-state index contributed by atoms with van der Waals surface area (Å²) < 4.78 is 11.5. The molecule has 0 aliphatic carbocycles. The van der Waals surface area contributed by atoms with E-state index in [0.717, 1.165) is 0 Å². The maximum Gasteiger partial charge on any atom is 0.312 e. The molecule has 0 radical (unpaired) electrons. The number of nitrogens with zero attached hydrogens (tertiary/aromatic N) is 4. The van der Waals surface area contributed by atoms with Gasteiger partial charge in [-0.05, 0) is 59.3 Å². The molecular weight excluding hydrogens is 291 g/mol. The molecule has 0 saturated carbocycles. The predicted octanol–water partition coefficient (Wildman–Crippen LogP) is 3.66. The first kappa shape index (κ1) is 17.0. The predicted molar refractivity (Wildman–Crippen MR) is 95.3 cm³/mol. The summed E-state index contributed by atoms with van der Waals surface area (Å²) in [5.41, 5.74) is 0.224. The minimum absolute atomic E-state index is 0.224. The van der Waals surface area contributed by atoms with Gasteiger partial charge < -0.3 is 0 Å². The Morgan fingerprint density at radius 3 is 1.14 bits per heavy atom. The van der Waals surface area contributed by atoms with E-state index in [1.165, 1.54) is 77.8 Å². The van der Waals surface area contributed by atoms with Crippen molar-refractivity contribution in [2.45, 2.75) is 64.8 Å². The Kier molecular flexibility index (Phi) is 5.04. The molecule has 0 bridgehead atoms. The molecule has 3 fully saturated rings. The Morgan fingerprint density at radius 1 is 0.636 bits per heavy atom. The van der Waals surface area contributed by atoms with E-state index in [4.69, 9.17) is 0 Å². The van der Waals surface area contributed by atoms with E-state index in [0.29, 0.717) is 0 Å². The standard InChI is InChI=1S/C17H36N4P/c1-17(2,3)18(4)22(19-11-5-6-12-19,20-13-7-8-14-20)21-15-9-10-16-21/h5-16H2,1-4H3/q+1. The van der Waals surface area contributed by atoms with Crippen LogP contribution in [0.2, 0.25) is 0 Å². The average molecular weight is 327 g/mol. The van der Waals surface area contributed by atoms with Crippen molar-refractivity contribution in [2.75, 3.05) is 46.3 Å². The van der Waals surface area contributed by atoms with Gasteiger partial charge in [0.25, 0.3) is 0 Å². The first-order valence-electron chi connectivity index (χ1n) is 9.37. The van der Waals surface area contributed by atoms with E-state index < -0.39 is 7.51 Å². The summed E-state index contributed by atoms with van der Waals surface area (Å²) in [4.78, 5) is 0. The normalized spacial score (nSPS) is 26.2. The van der Waals surface area contributed by atoms with Crippen molar-refractivity contribution in [2.24, 2.45) is 0 Å². The Bertz CT molecular complexity index is 389. The Labute approximate surface area is 137 Å². The lowest BCUT2D eigenvalue weighted by atomic mass is 10.1. The van der Waals surface area contributed by atoms with Crippen LogP contribution in [0.3, 0.4) is 0 Å². The van der Waals surface area contributed by atoms with Crippen LogP contribution in [-0.2, 0) is 0 Å². The average Bonchev–Trinajstić information content (AvgIpc) is 3.23. The fraction of sp³-hybridized carbons (Fsp3) is 1.00. The molecule has 3 saturated heterocycles. The highest BCUT2D eigenvalue weighted by molar-refractivity contribution is 7.56. The van der Waals surface area contributed by atoms with Crippen LogP contribution < -0.4 is 0 Å². The zero-order valence-electron chi connectivity index (χ0n) is 15.2. The number of rotatable bonds is 3. The van der Waals surface area contributed by atoms with Gasteiger partial charge in [-0.3, -0.25) is 0 Å². The highest BCUT2D eigenvalue weighted by Gasteiger charge is 2.52. The molecule has 0 aromatic heterocycles. The molecule has 128 valence electrons. The van der Waals surface area contributed by atoms with Crippen LogP contribution in [0.1, 0.15) is 59.3 Å². The lowest BCUT2D eigenvalue weighted by molar-refractivity contribution is -0.560. The van der Waals surface area contributed by atoms with Gasteiger partial charge in [0.05, 0.1) is 0 Å². The van der Waals surface area contributed by atoms with E-state index in [-0.39, 0.29) is 5.54 Å². The van der Waals surface area contributed by atoms with Crippen LogP contribution in [0.15, 0.2) is 0 Å². The lowest BCUT2D eigenvalue weighted by Gasteiger charge is -2.44. The second-order valence-corrected chi connectivity index (χ2v) is 11.6. The molecule has 3 rings (SSSR count). The number of hydrogen-bond donors (Lipinski definition) is 0. The minimum Gasteiger partial charge on any atom is -0.221 e. The lowest BCUT2D eigenvalue weighted by Crippen LogP contribution is -2.46. The third-order valence-corrected chi connectivity index (χ3v) is 10.6. The number of hydrogen-bond acceptors (Lipinski definition) is 0. The maximum absolute atomic E-state index is 2.91. The second-order valence-electron chi connectivity index (χ2n) is 8.21. The molecule has 0 aromatic rings. The molecule has 0 N–H and O–H groups in total. The summed E-state index contributed by atoms with van der Waals surface area (Å²) in [6, 6.07) is 0. The molecule has 0 aromatic carbocycles. The summed E-state index contributed by atoms with van der Waals surface area (Å²) in [5.74, 6) is 0. The van der Waals surface area contributed by atoms with E-state index in [2.05, 4.69) is 46.2 Å². The Balaban J connectivity index is 2.16. The van der Waals surface area contributed by atoms with E-state index in [1.807, 2.05) is 0 Å². The van der Waals surface area contributed by atoms with Crippen LogP contribution in [0.25, 0.3) is 0 Å². The monoisotopic (exact) mass is 327 g/mol. The van der Waals surface area contributed by atoms with Gasteiger partial charge in [0, 0.05) is 39.3 Å². The van der Waals surface area contributed by atoms with Gasteiger partial charge in [0.15, 0.2) is 5.54 Å². The third kappa shape index (κ3) is 2.81. The Morgan fingerprint density at radius 2 is 0.909 bits per heavy atom. The molecule has 0 unspecified atom stereocenters. The zero-order valence-corrected chi connectivity index (χ0v) is 16.1. The largest absolute Gasteiger partial charge is 0.312 e. The van der Waals surface area contributed by atoms with E-state index in [9.17, 15) is 0 Å². The van der Waals surface area contributed by atoms with Crippen LogP contribution >= 0.6 is 7.51 Å². The van der Waals surface area contributed by atoms with Gasteiger partial charge in [-0.2, -0.15) is 0 Å². The molecular formula is C17H36N4P+. The van der Waals surface area contributed by atoms with E-state index >= 15 is 0 Å².